The average molecular weight is 156 g/mol. The Morgan fingerprint density at radius 3 is 2.73 bits per heavy atom. The molecule has 1 rings (SSSR count). The molecule has 1 aliphatic heterocycles. The highest BCUT2D eigenvalue weighted by Gasteiger charge is 2.21. The third-order valence-electron chi connectivity index (χ3n) is 2.48. The van der Waals surface area contributed by atoms with Crippen molar-refractivity contribution in [1.82, 2.24) is 10.6 Å². The van der Waals surface area contributed by atoms with Crippen LogP contribution < -0.4 is 10.6 Å². The van der Waals surface area contributed by atoms with Crippen molar-refractivity contribution in [2.75, 3.05) is 13.1 Å². The molecule has 0 radical (unpaired) electrons. The monoisotopic (exact) mass is 156 g/mol. The van der Waals surface area contributed by atoms with Gasteiger partial charge in [0, 0.05) is 12.1 Å². The van der Waals surface area contributed by atoms with Crippen LogP contribution in [-0.4, -0.2) is 25.2 Å². The van der Waals surface area contributed by atoms with Crippen molar-refractivity contribution in [3.63, 3.8) is 0 Å². The van der Waals surface area contributed by atoms with Gasteiger partial charge in [-0.2, -0.15) is 0 Å². The summed E-state index contributed by atoms with van der Waals surface area (Å²) >= 11 is 0. The van der Waals surface area contributed by atoms with Crippen molar-refractivity contribution in [1.29, 1.82) is 0 Å². The van der Waals surface area contributed by atoms with E-state index in [1.54, 1.807) is 0 Å². The molecule has 0 spiro atoms. The van der Waals surface area contributed by atoms with Crippen molar-refractivity contribution in [2.45, 2.75) is 39.3 Å². The standard InChI is InChI=1S/C9H20N2/c1-7(2)11-6-9-4-5-10-8(9)3/h7-11H,4-6H2,1-3H3. The summed E-state index contributed by atoms with van der Waals surface area (Å²) in [6, 6.07) is 1.34. The molecule has 2 unspecified atom stereocenters. The SMILES string of the molecule is CC(C)NCC1CCNC1C. The first kappa shape index (κ1) is 9.01. The maximum atomic E-state index is 3.48. The Morgan fingerprint density at radius 2 is 2.27 bits per heavy atom. The van der Waals surface area contributed by atoms with Crippen LogP contribution >= 0.6 is 0 Å². The molecule has 0 bridgehead atoms. The minimum Gasteiger partial charge on any atom is -0.314 e. The van der Waals surface area contributed by atoms with E-state index in [0.29, 0.717) is 12.1 Å². The van der Waals surface area contributed by atoms with Gasteiger partial charge in [0.1, 0.15) is 0 Å². The maximum absolute atomic E-state index is 3.48. The molecule has 1 saturated heterocycles. The van der Waals surface area contributed by atoms with E-state index in [1.165, 1.54) is 19.5 Å². The summed E-state index contributed by atoms with van der Waals surface area (Å²) in [5.74, 6) is 0.845. The summed E-state index contributed by atoms with van der Waals surface area (Å²) in [5.41, 5.74) is 0. The lowest BCUT2D eigenvalue weighted by atomic mass is 10.0. The van der Waals surface area contributed by atoms with Gasteiger partial charge < -0.3 is 10.6 Å². The molecule has 1 fully saturated rings. The second-order valence-corrected chi connectivity index (χ2v) is 3.85. The second kappa shape index (κ2) is 4.07. The predicted molar refractivity (Wildman–Crippen MR) is 48.7 cm³/mol. The van der Waals surface area contributed by atoms with Gasteiger partial charge in [0.05, 0.1) is 0 Å². The van der Waals surface area contributed by atoms with E-state index in [-0.39, 0.29) is 0 Å². The first-order chi connectivity index (χ1) is 5.20. The topological polar surface area (TPSA) is 24.1 Å². The molecule has 0 aromatic carbocycles. The molecular formula is C9H20N2. The molecule has 11 heavy (non-hydrogen) atoms. The van der Waals surface area contributed by atoms with Crippen molar-refractivity contribution in [2.24, 2.45) is 5.92 Å². The largest absolute Gasteiger partial charge is 0.314 e. The Kier molecular flexibility index (Phi) is 3.34. The van der Waals surface area contributed by atoms with Crippen molar-refractivity contribution in [3.05, 3.63) is 0 Å². The fourth-order valence-corrected chi connectivity index (χ4v) is 1.58. The second-order valence-electron chi connectivity index (χ2n) is 3.85. The van der Waals surface area contributed by atoms with Crippen LogP contribution in [0.5, 0.6) is 0 Å². The highest BCUT2D eigenvalue weighted by Crippen LogP contribution is 2.13. The Hall–Kier alpha value is -0.0800. The zero-order chi connectivity index (χ0) is 8.27. The van der Waals surface area contributed by atoms with Crippen LogP contribution in [0.3, 0.4) is 0 Å². The van der Waals surface area contributed by atoms with Gasteiger partial charge in [-0.15, -0.1) is 0 Å². The summed E-state index contributed by atoms with van der Waals surface area (Å²) < 4.78 is 0. The van der Waals surface area contributed by atoms with E-state index in [9.17, 15) is 0 Å². The van der Waals surface area contributed by atoms with Gasteiger partial charge in [-0.05, 0) is 32.4 Å². The first-order valence-corrected chi connectivity index (χ1v) is 4.67. The van der Waals surface area contributed by atoms with Gasteiger partial charge in [-0.25, -0.2) is 0 Å². The van der Waals surface area contributed by atoms with Crippen molar-refractivity contribution < 1.29 is 0 Å². The van der Waals surface area contributed by atoms with Crippen LogP contribution in [0.25, 0.3) is 0 Å². The molecule has 0 aromatic rings. The maximum Gasteiger partial charge on any atom is 0.00795 e. The number of hydrogen-bond donors (Lipinski definition) is 2. The molecule has 2 atom stereocenters. The fourth-order valence-electron chi connectivity index (χ4n) is 1.58. The lowest BCUT2D eigenvalue weighted by Crippen LogP contribution is -2.34. The molecule has 2 heteroatoms. The van der Waals surface area contributed by atoms with Crippen LogP contribution in [0.15, 0.2) is 0 Å². The molecule has 2 N–H and O–H groups in total. The zero-order valence-corrected chi connectivity index (χ0v) is 7.85. The first-order valence-electron chi connectivity index (χ1n) is 4.67. The Morgan fingerprint density at radius 1 is 1.55 bits per heavy atom. The van der Waals surface area contributed by atoms with E-state index < -0.39 is 0 Å². The van der Waals surface area contributed by atoms with Gasteiger partial charge in [0.25, 0.3) is 0 Å². The highest BCUT2D eigenvalue weighted by molar-refractivity contribution is 4.81. The van der Waals surface area contributed by atoms with E-state index in [4.69, 9.17) is 0 Å². The lowest BCUT2D eigenvalue weighted by molar-refractivity contribution is 0.420. The van der Waals surface area contributed by atoms with Crippen LogP contribution in [0.1, 0.15) is 27.2 Å². The molecule has 1 aliphatic rings. The van der Waals surface area contributed by atoms with Crippen LogP contribution in [0.4, 0.5) is 0 Å². The molecule has 66 valence electrons. The third kappa shape index (κ3) is 2.80. The number of nitrogens with one attached hydrogen (secondary N) is 2. The van der Waals surface area contributed by atoms with Crippen molar-refractivity contribution in [3.8, 4) is 0 Å². The Labute approximate surface area is 69.8 Å². The molecule has 1 heterocycles. The minimum atomic E-state index is 0.628. The third-order valence-corrected chi connectivity index (χ3v) is 2.48. The zero-order valence-electron chi connectivity index (χ0n) is 7.85. The van der Waals surface area contributed by atoms with Crippen molar-refractivity contribution >= 4 is 0 Å². The molecular weight excluding hydrogens is 136 g/mol. The van der Waals surface area contributed by atoms with Crippen LogP contribution in [0.2, 0.25) is 0 Å². The van der Waals surface area contributed by atoms with Gasteiger partial charge in [0.2, 0.25) is 0 Å². The predicted octanol–water partition coefficient (Wildman–Crippen LogP) is 0.982. The number of rotatable bonds is 3. The molecule has 0 aliphatic carbocycles. The summed E-state index contributed by atoms with van der Waals surface area (Å²) in [6.07, 6.45) is 1.33. The molecule has 0 amide bonds. The normalized spacial score (nSPS) is 31.6. The molecule has 0 aromatic heterocycles. The fraction of sp³-hybridized carbons (Fsp3) is 1.00. The highest BCUT2D eigenvalue weighted by atomic mass is 15.0. The van der Waals surface area contributed by atoms with E-state index >= 15 is 0 Å². The van der Waals surface area contributed by atoms with E-state index in [0.717, 1.165) is 5.92 Å². The average Bonchev–Trinajstić information content (AvgIpc) is 2.31. The van der Waals surface area contributed by atoms with Crippen LogP contribution in [-0.2, 0) is 0 Å². The van der Waals surface area contributed by atoms with Crippen LogP contribution in [0, 0.1) is 5.92 Å². The lowest BCUT2D eigenvalue weighted by Gasteiger charge is -2.17. The van der Waals surface area contributed by atoms with Gasteiger partial charge >= 0.3 is 0 Å². The quantitative estimate of drug-likeness (QED) is 0.636. The van der Waals surface area contributed by atoms with E-state index in [1.807, 2.05) is 0 Å². The van der Waals surface area contributed by atoms with Gasteiger partial charge in [0.15, 0.2) is 0 Å². The van der Waals surface area contributed by atoms with E-state index in [2.05, 4.69) is 31.4 Å². The van der Waals surface area contributed by atoms with Gasteiger partial charge in [-0.3, -0.25) is 0 Å². The molecule has 2 nitrogen and oxygen atoms in total. The summed E-state index contributed by atoms with van der Waals surface area (Å²) in [4.78, 5) is 0. The minimum absolute atomic E-state index is 0.628. The Bertz CT molecular complexity index is 112. The summed E-state index contributed by atoms with van der Waals surface area (Å²) in [7, 11) is 0. The Balaban J connectivity index is 2.15. The number of hydrogen-bond acceptors (Lipinski definition) is 2. The van der Waals surface area contributed by atoms with Gasteiger partial charge in [-0.1, -0.05) is 13.8 Å². The molecule has 0 saturated carbocycles. The summed E-state index contributed by atoms with van der Waals surface area (Å²) in [6.45, 7) is 9.05. The summed E-state index contributed by atoms with van der Waals surface area (Å²) in [5, 5.41) is 6.93. The smallest absolute Gasteiger partial charge is 0.00795 e.